The van der Waals surface area contributed by atoms with Crippen molar-refractivity contribution in [1.82, 2.24) is 0 Å². The van der Waals surface area contributed by atoms with Crippen molar-refractivity contribution < 1.29 is 5.11 Å². The first-order chi connectivity index (χ1) is 10.7. The molecule has 0 aliphatic heterocycles. The van der Waals surface area contributed by atoms with Gasteiger partial charge in [0.1, 0.15) is 5.75 Å². The lowest BCUT2D eigenvalue weighted by molar-refractivity contribution is 0.443. The summed E-state index contributed by atoms with van der Waals surface area (Å²) >= 11 is 0. The molecule has 0 amide bonds. The number of rotatable bonds is 4. The van der Waals surface area contributed by atoms with Crippen molar-refractivity contribution in [2.75, 3.05) is 5.32 Å². The van der Waals surface area contributed by atoms with Crippen molar-refractivity contribution in [2.24, 2.45) is 0 Å². The molecule has 0 aromatic heterocycles. The summed E-state index contributed by atoms with van der Waals surface area (Å²) in [5.74, 6) is 1.10. The highest BCUT2D eigenvalue weighted by Crippen LogP contribution is 2.33. The third-order valence-corrected chi connectivity index (χ3v) is 4.77. The Bertz CT molecular complexity index is 599. The zero-order chi connectivity index (χ0) is 15.4. The maximum absolute atomic E-state index is 9.93. The predicted molar refractivity (Wildman–Crippen MR) is 92.4 cm³/mol. The summed E-state index contributed by atoms with van der Waals surface area (Å²) in [4.78, 5) is 0. The lowest BCUT2D eigenvalue weighted by Gasteiger charge is -2.22. The molecule has 1 unspecified atom stereocenters. The SMILES string of the molecule is CC(Nc1ccc(C2CCCCC2)cc1)c1ccccc1O. The highest BCUT2D eigenvalue weighted by Gasteiger charge is 2.15. The number of hydrogen-bond acceptors (Lipinski definition) is 2. The van der Waals surface area contributed by atoms with Crippen molar-refractivity contribution in [3.05, 3.63) is 59.7 Å². The first kappa shape index (κ1) is 15.0. The van der Waals surface area contributed by atoms with Crippen molar-refractivity contribution >= 4 is 5.69 Å². The molecule has 2 nitrogen and oxygen atoms in total. The topological polar surface area (TPSA) is 32.3 Å². The normalized spacial score (nSPS) is 17.1. The fourth-order valence-corrected chi connectivity index (χ4v) is 3.47. The van der Waals surface area contributed by atoms with Gasteiger partial charge in [-0.1, -0.05) is 49.6 Å². The van der Waals surface area contributed by atoms with Crippen LogP contribution in [0.15, 0.2) is 48.5 Å². The second-order valence-corrected chi connectivity index (χ2v) is 6.38. The van der Waals surface area contributed by atoms with E-state index in [0.29, 0.717) is 5.75 Å². The molecule has 0 heterocycles. The quantitative estimate of drug-likeness (QED) is 0.768. The van der Waals surface area contributed by atoms with Crippen molar-refractivity contribution in [2.45, 2.75) is 51.0 Å². The third-order valence-electron chi connectivity index (χ3n) is 4.77. The number of aromatic hydroxyl groups is 1. The summed E-state index contributed by atoms with van der Waals surface area (Å²) in [6.07, 6.45) is 6.81. The van der Waals surface area contributed by atoms with Crippen LogP contribution >= 0.6 is 0 Å². The number of anilines is 1. The molecule has 3 rings (SSSR count). The number of phenols is 1. The van der Waals surface area contributed by atoms with Crippen molar-refractivity contribution in [3.8, 4) is 5.75 Å². The van der Waals surface area contributed by atoms with Gasteiger partial charge in [0, 0.05) is 11.3 Å². The average molecular weight is 295 g/mol. The second-order valence-electron chi connectivity index (χ2n) is 6.38. The maximum atomic E-state index is 9.93. The molecule has 1 saturated carbocycles. The van der Waals surface area contributed by atoms with E-state index < -0.39 is 0 Å². The van der Waals surface area contributed by atoms with Crippen LogP contribution in [0.1, 0.15) is 62.1 Å². The van der Waals surface area contributed by atoms with Crippen LogP contribution in [-0.4, -0.2) is 5.11 Å². The molecule has 1 fully saturated rings. The summed E-state index contributed by atoms with van der Waals surface area (Å²) < 4.78 is 0. The molecular weight excluding hydrogens is 270 g/mol. The second kappa shape index (κ2) is 6.87. The van der Waals surface area contributed by atoms with Gasteiger partial charge in [-0.3, -0.25) is 0 Å². The van der Waals surface area contributed by atoms with E-state index >= 15 is 0 Å². The monoisotopic (exact) mass is 295 g/mol. The van der Waals surface area contributed by atoms with Gasteiger partial charge in [-0.05, 0) is 49.4 Å². The Labute approximate surface area is 133 Å². The van der Waals surface area contributed by atoms with Crippen molar-refractivity contribution in [1.29, 1.82) is 0 Å². The largest absolute Gasteiger partial charge is 0.508 e. The van der Waals surface area contributed by atoms with E-state index in [1.165, 1.54) is 37.7 Å². The summed E-state index contributed by atoms with van der Waals surface area (Å²) in [6, 6.07) is 16.4. The Morgan fingerprint density at radius 3 is 2.32 bits per heavy atom. The minimum absolute atomic E-state index is 0.0849. The van der Waals surface area contributed by atoms with Gasteiger partial charge < -0.3 is 10.4 Å². The summed E-state index contributed by atoms with van der Waals surface area (Å²) in [5.41, 5.74) is 3.51. The number of phenolic OH excluding ortho intramolecular Hbond substituents is 1. The van der Waals surface area contributed by atoms with Gasteiger partial charge in [0.25, 0.3) is 0 Å². The van der Waals surface area contributed by atoms with Crippen LogP contribution < -0.4 is 5.32 Å². The molecule has 1 aliphatic carbocycles. The van der Waals surface area contributed by atoms with Crippen LogP contribution in [0.2, 0.25) is 0 Å². The van der Waals surface area contributed by atoms with Gasteiger partial charge in [-0.25, -0.2) is 0 Å². The van der Waals surface area contributed by atoms with Gasteiger partial charge in [0.05, 0.1) is 6.04 Å². The zero-order valence-corrected chi connectivity index (χ0v) is 13.3. The van der Waals surface area contributed by atoms with Gasteiger partial charge in [0.15, 0.2) is 0 Å². The van der Waals surface area contributed by atoms with E-state index in [4.69, 9.17) is 0 Å². The lowest BCUT2D eigenvalue weighted by Crippen LogP contribution is -2.07. The highest BCUT2D eigenvalue weighted by molar-refractivity contribution is 5.48. The number of nitrogens with one attached hydrogen (secondary N) is 1. The van der Waals surface area contributed by atoms with E-state index in [9.17, 15) is 5.11 Å². The first-order valence-corrected chi connectivity index (χ1v) is 8.38. The molecule has 2 heteroatoms. The van der Waals surface area contributed by atoms with E-state index in [1.807, 2.05) is 18.2 Å². The summed E-state index contributed by atoms with van der Waals surface area (Å²) in [5, 5.41) is 13.4. The Hall–Kier alpha value is -1.96. The van der Waals surface area contributed by atoms with E-state index in [0.717, 1.165) is 17.2 Å². The van der Waals surface area contributed by atoms with Crippen LogP contribution in [-0.2, 0) is 0 Å². The molecular formula is C20H25NO. The number of hydrogen-bond donors (Lipinski definition) is 2. The Kier molecular flexibility index (Phi) is 4.67. The van der Waals surface area contributed by atoms with Crippen LogP contribution in [0.5, 0.6) is 5.75 Å². The minimum atomic E-state index is 0.0849. The Morgan fingerprint density at radius 2 is 1.64 bits per heavy atom. The molecule has 1 atom stereocenters. The van der Waals surface area contributed by atoms with Crippen LogP contribution in [0.3, 0.4) is 0 Å². The number of para-hydroxylation sites is 1. The summed E-state index contributed by atoms with van der Waals surface area (Å²) in [7, 11) is 0. The maximum Gasteiger partial charge on any atom is 0.120 e. The first-order valence-electron chi connectivity index (χ1n) is 8.38. The summed E-state index contributed by atoms with van der Waals surface area (Å²) in [6.45, 7) is 2.07. The minimum Gasteiger partial charge on any atom is -0.508 e. The van der Waals surface area contributed by atoms with E-state index in [-0.39, 0.29) is 6.04 Å². The Balaban J connectivity index is 1.67. The lowest BCUT2D eigenvalue weighted by atomic mass is 9.84. The smallest absolute Gasteiger partial charge is 0.120 e. The molecule has 22 heavy (non-hydrogen) atoms. The third kappa shape index (κ3) is 3.44. The molecule has 2 aromatic rings. The molecule has 0 saturated heterocycles. The van der Waals surface area contributed by atoms with Crippen LogP contribution in [0.4, 0.5) is 5.69 Å². The predicted octanol–water partition coefficient (Wildman–Crippen LogP) is 5.61. The average Bonchev–Trinajstić information content (AvgIpc) is 2.57. The van der Waals surface area contributed by atoms with Crippen molar-refractivity contribution in [3.63, 3.8) is 0 Å². The van der Waals surface area contributed by atoms with Crippen LogP contribution in [0, 0.1) is 0 Å². The molecule has 2 aromatic carbocycles. The highest BCUT2D eigenvalue weighted by atomic mass is 16.3. The Morgan fingerprint density at radius 1 is 0.955 bits per heavy atom. The van der Waals surface area contributed by atoms with Gasteiger partial charge in [-0.15, -0.1) is 0 Å². The van der Waals surface area contributed by atoms with Gasteiger partial charge >= 0.3 is 0 Å². The standard InChI is InChI=1S/C20H25NO/c1-15(19-9-5-6-10-20(19)22)21-18-13-11-17(12-14-18)16-7-3-2-4-8-16/h5-6,9-16,21-22H,2-4,7-8H2,1H3. The van der Waals surface area contributed by atoms with Gasteiger partial charge in [0.2, 0.25) is 0 Å². The van der Waals surface area contributed by atoms with Crippen LogP contribution in [0.25, 0.3) is 0 Å². The molecule has 0 radical (unpaired) electrons. The zero-order valence-electron chi connectivity index (χ0n) is 13.3. The fourth-order valence-electron chi connectivity index (χ4n) is 3.47. The van der Waals surface area contributed by atoms with E-state index in [1.54, 1.807) is 6.07 Å². The fraction of sp³-hybridized carbons (Fsp3) is 0.400. The van der Waals surface area contributed by atoms with Gasteiger partial charge in [-0.2, -0.15) is 0 Å². The molecule has 2 N–H and O–H groups in total. The molecule has 0 spiro atoms. The number of benzene rings is 2. The van der Waals surface area contributed by atoms with E-state index in [2.05, 4.69) is 36.5 Å². The molecule has 1 aliphatic rings. The molecule has 116 valence electrons. The molecule has 0 bridgehead atoms.